The van der Waals surface area contributed by atoms with Crippen LogP contribution in [0.3, 0.4) is 0 Å². The van der Waals surface area contributed by atoms with E-state index >= 15 is 0 Å². The molecular weight excluding hydrogens is 1210 g/mol. The van der Waals surface area contributed by atoms with Crippen LogP contribution in [0.25, 0.3) is 10.4 Å². The Morgan fingerprint density at radius 1 is 0.670 bits per heavy atom. The molecule has 2 fully saturated rings. The van der Waals surface area contributed by atoms with Crippen LogP contribution < -0.4 is 5.32 Å². The number of azide groups is 1. The van der Waals surface area contributed by atoms with Gasteiger partial charge in [-0.2, -0.15) is 0 Å². The number of amides is 1. The lowest BCUT2D eigenvalue weighted by Crippen LogP contribution is -2.62. The predicted molar refractivity (Wildman–Crippen MR) is 371 cm³/mol. The zero-order valence-electron chi connectivity index (χ0n) is 54.5. The molecule has 91 heavy (non-hydrogen) atoms. The fourth-order valence-electron chi connectivity index (χ4n) is 8.79. The van der Waals surface area contributed by atoms with E-state index in [4.69, 9.17) is 49.2 Å². The summed E-state index contributed by atoms with van der Waals surface area (Å²) in [5.74, 6) is 59.3. The molecule has 0 aromatic heterocycles. The van der Waals surface area contributed by atoms with Gasteiger partial charge in [-0.1, -0.05) is 174 Å². The van der Waals surface area contributed by atoms with Crippen LogP contribution in [0, 0.1) is 154 Å². The molecule has 2 unspecified atom stereocenters. The van der Waals surface area contributed by atoms with Crippen LogP contribution in [0.5, 0.6) is 0 Å². The Hall–Kier alpha value is -7.25. The quantitative estimate of drug-likeness (QED) is 0.0121. The smallest absolute Gasteiger partial charge is 0.232 e. The van der Waals surface area contributed by atoms with Gasteiger partial charge in [0.1, 0.15) is 18.1 Å². The minimum Gasteiger partial charge on any atom is -0.409 e. The summed E-state index contributed by atoms with van der Waals surface area (Å²) in [6.45, 7) is 25.7. The highest BCUT2D eigenvalue weighted by Crippen LogP contribution is 2.42. The molecular formula is C74H84N4O9S2Si2. The van der Waals surface area contributed by atoms with Crippen molar-refractivity contribution < 1.29 is 42.1 Å². The van der Waals surface area contributed by atoms with Crippen LogP contribution in [0.1, 0.15) is 105 Å². The van der Waals surface area contributed by atoms with Crippen molar-refractivity contribution in [3.63, 3.8) is 0 Å². The summed E-state index contributed by atoms with van der Waals surface area (Å²) in [6, 6.07) is 19.1. The monoisotopic (exact) mass is 1290 g/mol. The molecule has 1 heterocycles. The molecule has 17 heteroatoms. The van der Waals surface area contributed by atoms with Gasteiger partial charge in [0.15, 0.2) is 22.9 Å². The summed E-state index contributed by atoms with van der Waals surface area (Å²) >= 11 is 0. The van der Waals surface area contributed by atoms with Gasteiger partial charge in [0.2, 0.25) is 5.91 Å². The average Bonchev–Trinajstić information content (AvgIpc) is 0.863. The minimum absolute atomic E-state index is 0.0777. The third-order valence-corrected chi connectivity index (χ3v) is 26.3. The third-order valence-electron chi connectivity index (χ3n) is 15.6. The van der Waals surface area contributed by atoms with Gasteiger partial charge in [-0.05, 0) is 160 Å². The van der Waals surface area contributed by atoms with Crippen molar-refractivity contribution in [1.82, 2.24) is 5.32 Å². The molecule has 2 aliphatic rings. The van der Waals surface area contributed by atoms with Gasteiger partial charge in [-0.15, -0.1) is 6.42 Å². The van der Waals surface area contributed by atoms with Gasteiger partial charge in [-0.25, -0.2) is 0 Å². The molecule has 8 atom stereocenters. The van der Waals surface area contributed by atoms with Crippen LogP contribution in [-0.4, -0.2) is 104 Å². The molecule has 0 bridgehead atoms. The Morgan fingerprint density at radius 2 is 1.16 bits per heavy atom. The fraction of sp³-hybridized carbons (Fsp3) is 0.500. The van der Waals surface area contributed by atoms with Gasteiger partial charge in [0.05, 0.1) is 69.7 Å². The molecule has 1 N–H and O–H groups in total. The highest BCUT2D eigenvalue weighted by Gasteiger charge is 2.50. The minimum atomic E-state index is -2.69. The van der Waals surface area contributed by atoms with Crippen LogP contribution in [0.15, 0.2) is 65.8 Å². The van der Waals surface area contributed by atoms with E-state index < -0.39 is 59.5 Å². The number of nitrogens with one attached hydrogen (secondary N) is 1. The van der Waals surface area contributed by atoms with Crippen LogP contribution >= 0.6 is 21.6 Å². The van der Waals surface area contributed by atoms with Gasteiger partial charge >= 0.3 is 0 Å². The molecule has 1 saturated carbocycles. The molecule has 0 spiro atoms. The standard InChI is InChI=1S/C74H84N4O9S2Si2/c1-13-14-15-16-17-18-19-20-21-22-23-24-25-26-27-28-29-30-31-32-33-34-44-51-68(79)77-65(71(87-91(11,12)74(6,7)8)67(86-90(9,10)73(3,4)5)58-80-53-52-62-45-38-35-39-46-62)56-84-72-70(83-55-64-49-42-37-43-50-64)61(2)69(82-54-63-47-40-36-41-48-63)66(85-72)57-81-60-89-88-59-76-78-75/h1,36-37,40-43,47-50,61-62,65-67,69-72H,35,38-39,45-46,51-60H2,2-12H3,(H,77,79)/t61-,65-,66?,67+,69+,70?,71-,72-/m0/s1. The summed E-state index contributed by atoms with van der Waals surface area (Å²) in [5, 5.41) is 6.53. The first-order valence-corrected chi connectivity index (χ1v) is 38.6. The Bertz CT molecular complexity index is 3500. The molecule has 4 rings (SSSR count). The van der Waals surface area contributed by atoms with Crippen molar-refractivity contribution in [2.75, 3.05) is 38.2 Å². The molecule has 1 saturated heterocycles. The second kappa shape index (κ2) is 42.7. The lowest BCUT2D eigenvalue weighted by Gasteiger charge is -2.48. The summed E-state index contributed by atoms with van der Waals surface area (Å²) < 4.78 is 55.9. The summed E-state index contributed by atoms with van der Waals surface area (Å²) in [7, 11) is -2.44. The number of nitrogens with zero attached hydrogens (tertiary/aromatic N) is 3. The second-order valence-corrected chi connectivity index (χ2v) is 36.2. The highest BCUT2D eigenvalue weighted by molar-refractivity contribution is 8.76. The zero-order chi connectivity index (χ0) is 66.1. The first-order chi connectivity index (χ1) is 43.8. The van der Waals surface area contributed by atoms with Crippen molar-refractivity contribution in [2.24, 2.45) is 17.0 Å². The van der Waals surface area contributed by atoms with E-state index in [-0.39, 0.29) is 60.6 Å². The maximum Gasteiger partial charge on any atom is 0.232 e. The Balaban J connectivity index is 1.72. The van der Waals surface area contributed by atoms with E-state index in [1.807, 2.05) is 60.7 Å². The number of terminal acetylenes is 1. The first kappa shape index (κ1) is 76.2. The summed E-state index contributed by atoms with van der Waals surface area (Å²) in [6.07, 6.45) is 7.83. The second-order valence-electron chi connectivity index (χ2n) is 24.3. The fourth-order valence-corrected chi connectivity index (χ4v) is 12.6. The van der Waals surface area contributed by atoms with Gasteiger partial charge in [-0.3, -0.25) is 4.79 Å². The number of rotatable bonds is 29. The van der Waals surface area contributed by atoms with Crippen molar-refractivity contribution >= 4 is 44.1 Å². The molecule has 13 nitrogen and oxygen atoms in total. The van der Waals surface area contributed by atoms with Gasteiger partial charge in [0.25, 0.3) is 0 Å². The van der Waals surface area contributed by atoms with E-state index in [9.17, 15) is 4.79 Å². The summed E-state index contributed by atoms with van der Waals surface area (Å²) in [4.78, 5) is 17.4. The predicted octanol–water partition coefficient (Wildman–Crippen LogP) is 12.5. The SMILES string of the molecule is C#CC#CC#CC#CC#CC#CC#CC#CC#CC#CC#CC#CCC(=O)N[C@@H](CO[C@H]1OC(COCSSCN=[N+]=[N-])[C@H](OCc2ccccc2)[C@H](C)C1OCc1ccccc1)[C@H](O[Si](C)(C)C(C)(C)C)[C@@H](COCCC1CCCCC1)O[Si](C)(C)C(C)(C)C. The number of ether oxygens (including phenoxy) is 6. The number of benzene rings is 2. The average molecular weight is 1290 g/mol. The Kier molecular flexibility index (Phi) is 35.8. The number of hydrogen-bond donors (Lipinski definition) is 1. The molecule has 2 aromatic carbocycles. The number of carbonyl (C=O) groups is 1. The Morgan fingerprint density at radius 3 is 1.67 bits per heavy atom. The van der Waals surface area contributed by atoms with Crippen LogP contribution in [0.4, 0.5) is 0 Å². The molecule has 1 aliphatic heterocycles. The van der Waals surface area contributed by atoms with Crippen LogP contribution in [-0.2, 0) is 55.3 Å². The van der Waals surface area contributed by atoms with Crippen molar-refractivity contribution in [3.05, 3.63) is 82.2 Å². The lowest BCUT2D eigenvalue weighted by molar-refractivity contribution is -0.309. The third kappa shape index (κ3) is 30.6. The number of hydrogen-bond acceptors (Lipinski definition) is 12. The van der Waals surface area contributed by atoms with E-state index in [2.05, 4.69) is 226 Å². The molecule has 1 aliphatic carbocycles. The Labute approximate surface area is 554 Å². The molecule has 2 aromatic rings. The summed E-state index contributed by atoms with van der Waals surface area (Å²) in [5.41, 5.74) is 10.8. The topological polar surface area (TPSA) is 152 Å². The van der Waals surface area contributed by atoms with Gasteiger partial charge < -0.3 is 42.6 Å². The molecule has 1 amide bonds. The van der Waals surface area contributed by atoms with Crippen LogP contribution in [0.2, 0.25) is 36.3 Å². The van der Waals surface area contributed by atoms with E-state index in [1.165, 1.54) is 53.7 Å². The van der Waals surface area contributed by atoms with E-state index in [1.54, 1.807) is 0 Å². The van der Waals surface area contributed by atoms with Gasteiger partial charge in [0, 0.05) is 53.0 Å². The number of carbonyl (C=O) groups excluding carboxylic acids is 1. The van der Waals surface area contributed by atoms with E-state index in [0.717, 1.165) is 17.5 Å². The zero-order valence-corrected chi connectivity index (χ0v) is 58.1. The molecule has 0 radical (unpaired) electrons. The highest BCUT2D eigenvalue weighted by atomic mass is 33.1. The maximum absolute atomic E-state index is 14.5. The molecule has 474 valence electrons. The van der Waals surface area contributed by atoms with Crippen molar-refractivity contribution in [2.45, 2.75) is 186 Å². The van der Waals surface area contributed by atoms with E-state index in [0.29, 0.717) is 25.1 Å². The largest absolute Gasteiger partial charge is 0.409 e. The normalized spacial score (nSPS) is 17.6. The maximum atomic E-state index is 14.5. The van der Waals surface area contributed by atoms with Crippen molar-refractivity contribution in [1.29, 1.82) is 0 Å². The van der Waals surface area contributed by atoms with Crippen molar-refractivity contribution in [3.8, 4) is 143 Å². The first-order valence-electron chi connectivity index (χ1n) is 30.3. The lowest BCUT2D eigenvalue weighted by atomic mass is 9.87.